The Kier molecular flexibility index (Phi) is 2.73. The lowest BCUT2D eigenvalue weighted by Gasteiger charge is -2.27. The van der Waals surface area contributed by atoms with Gasteiger partial charge in [-0.25, -0.2) is 0 Å². The highest BCUT2D eigenvalue weighted by molar-refractivity contribution is 5.75. The van der Waals surface area contributed by atoms with Crippen LogP contribution in [0.5, 0.6) is 0 Å². The topological polar surface area (TPSA) is 46.5 Å². The van der Waals surface area contributed by atoms with Crippen LogP contribution in [0.1, 0.15) is 26.2 Å². The Morgan fingerprint density at radius 2 is 2.42 bits per heavy atom. The van der Waals surface area contributed by atoms with Gasteiger partial charge in [0.15, 0.2) is 0 Å². The predicted octanol–water partition coefficient (Wildman–Crippen LogP) is 1.52. The van der Waals surface area contributed by atoms with Crippen molar-refractivity contribution < 1.29 is 14.6 Å². The van der Waals surface area contributed by atoms with Crippen LogP contribution in [0.4, 0.5) is 0 Å². The van der Waals surface area contributed by atoms with Crippen molar-refractivity contribution >= 4 is 5.97 Å². The van der Waals surface area contributed by atoms with Gasteiger partial charge in [0.05, 0.1) is 12.0 Å². The first-order valence-electron chi connectivity index (χ1n) is 4.36. The molecule has 0 aliphatic heterocycles. The Bertz CT molecular complexity index is 179. The van der Waals surface area contributed by atoms with Gasteiger partial charge in [0, 0.05) is 7.11 Å². The SMILES string of the molecule is COCC1(C(=O)O)CCCC1C. The molecule has 0 spiro atoms. The van der Waals surface area contributed by atoms with Crippen molar-refractivity contribution in [3.05, 3.63) is 0 Å². The van der Waals surface area contributed by atoms with Crippen LogP contribution in [0, 0.1) is 11.3 Å². The molecule has 1 aliphatic carbocycles. The second-order valence-electron chi connectivity index (χ2n) is 3.69. The average Bonchev–Trinajstić information content (AvgIpc) is 2.34. The van der Waals surface area contributed by atoms with E-state index in [1.54, 1.807) is 7.11 Å². The first-order chi connectivity index (χ1) is 5.63. The summed E-state index contributed by atoms with van der Waals surface area (Å²) in [4.78, 5) is 11.0. The van der Waals surface area contributed by atoms with Crippen molar-refractivity contribution in [3.63, 3.8) is 0 Å². The maximum absolute atomic E-state index is 11.0. The molecule has 3 heteroatoms. The second kappa shape index (κ2) is 3.44. The largest absolute Gasteiger partial charge is 0.481 e. The van der Waals surface area contributed by atoms with Crippen molar-refractivity contribution in [2.75, 3.05) is 13.7 Å². The van der Waals surface area contributed by atoms with E-state index < -0.39 is 11.4 Å². The number of rotatable bonds is 3. The van der Waals surface area contributed by atoms with Gasteiger partial charge in [0.25, 0.3) is 0 Å². The van der Waals surface area contributed by atoms with Gasteiger partial charge in [-0.3, -0.25) is 4.79 Å². The number of carboxylic acid groups (broad SMARTS) is 1. The highest BCUT2D eigenvalue weighted by atomic mass is 16.5. The van der Waals surface area contributed by atoms with Gasteiger partial charge in [-0.05, 0) is 18.8 Å². The third kappa shape index (κ3) is 1.33. The standard InChI is InChI=1S/C9H16O3/c1-7-4-3-5-9(7,6-12-2)8(10)11/h7H,3-6H2,1-2H3,(H,10,11). The molecule has 12 heavy (non-hydrogen) atoms. The van der Waals surface area contributed by atoms with Gasteiger partial charge in [-0.2, -0.15) is 0 Å². The minimum Gasteiger partial charge on any atom is -0.481 e. The zero-order valence-corrected chi connectivity index (χ0v) is 7.67. The molecule has 2 unspecified atom stereocenters. The number of methoxy groups -OCH3 is 1. The molecule has 0 aromatic heterocycles. The number of hydrogen-bond acceptors (Lipinski definition) is 2. The van der Waals surface area contributed by atoms with E-state index in [0.29, 0.717) is 6.61 Å². The van der Waals surface area contributed by atoms with E-state index in [2.05, 4.69) is 0 Å². The Labute approximate surface area is 72.7 Å². The highest BCUT2D eigenvalue weighted by Gasteiger charge is 2.46. The maximum atomic E-state index is 11.0. The number of carbonyl (C=O) groups is 1. The summed E-state index contributed by atoms with van der Waals surface area (Å²) in [6.07, 6.45) is 2.78. The number of aliphatic carboxylic acids is 1. The first-order valence-corrected chi connectivity index (χ1v) is 4.36. The maximum Gasteiger partial charge on any atom is 0.312 e. The summed E-state index contributed by atoms with van der Waals surface area (Å²) < 4.78 is 4.98. The van der Waals surface area contributed by atoms with Gasteiger partial charge >= 0.3 is 5.97 Å². The molecule has 70 valence electrons. The molecular formula is C9H16O3. The molecule has 1 saturated carbocycles. The van der Waals surface area contributed by atoms with E-state index in [1.165, 1.54) is 0 Å². The molecular weight excluding hydrogens is 156 g/mol. The third-order valence-electron chi connectivity index (χ3n) is 3.03. The molecule has 0 radical (unpaired) electrons. The lowest BCUT2D eigenvalue weighted by atomic mass is 9.80. The number of hydrogen-bond donors (Lipinski definition) is 1. The van der Waals surface area contributed by atoms with Crippen LogP contribution in [0.2, 0.25) is 0 Å². The third-order valence-corrected chi connectivity index (χ3v) is 3.03. The molecule has 3 nitrogen and oxygen atoms in total. The van der Waals surface area contributed by atoms with Crippen LogP contribution >= 0.6 is 0 Å². The molecule has 0 heterocycles. The smallest absolute Gasteiger partial charge is 0.312 e. The average molecular weight is 172 g/mol. The normalized spacial score (nSPS) is 35.3. The molecule has 1 rings (SSSR count). The summed E-state index contributed by atoms with van der Waals surface area (Å²) in [5.41, 5.74) is -0.602. The quantitative estimate of drug-likeness (QED) is 0.702. The minimum absolute atomic E-state index is 0.245. The van der Waals surface area contributed by atoms with Gasteiger partial charge < -0.3 is 9.84 Å². The molecule has 1 N–H and O–H groups in total. The first kappa shape index (κ1) is 9.52. The summed E-state index contributed by atoms with van der Waals surface area (Å²) in [5.74, 6) is -0.454. The highest BCUT2D eigenvalue weighted by Crippen LogP contribution is 2.43. The molecule has 2 atom stereocenters. The fourth-order valence-corrected chi connectivity index (χ4v) is 2.10. The van der Waals surface area contributed by atoms with E-state index in [1.807, 2.05) is 6.92 Å². The van der Waals surface area contributed by atoms with Gasteiger partial charge in [0.1, 0.15) is 0 Å². The monoisotopic (exact) mass is 172 g/mol. The van der Waals surface area contributed by atoms with E-state index in [0.717, 1.165) is 19.3 Å². The zero-order valence-electron chi connectivity index (χ0n) is 7.67. The predicted molar refractivity (Wildman–Crippen MR) is 45.0 cm³/mol. The van der Waals surface area contributed by atoms with Crippen LogP contribution in [0.3, 0.4) is 0 Å². The molecule has 0 aromatic rings. The molecule has 0 saturated heterocycles. The van der Waals surface area contributed by atoms with Gasteiger partial charge in [0.2, 0.25) is 0 Å². The van der Waals surface area contributed by atoms with E-state index in [9.17, 15) is 4.79 Å². The van der Waals surface area contributed by atoms with Crippen LogP contribution < -0.4 is 0 Å². The summed E-state index contributed by atoms with van der Waals surface area (Å²) in [7, 11) is 1.57. The Morgan fingerprint density at radius 3 is 2.75 bits per heavy atom. The lowest BCUT2D eigenvalue weighted by molar-refractivity contribution is -0.154. The summed E-state index contributed by atoms with van der Waals surface area (Å²) in [6, 6.07) is 0. The van der Waals surface area contributed by atoms with Crippen molar-refractivity contribution in [2.24, 2.45) is 11.3 Å². The number of ether oxygens (including phenoxy) is 1. The minimum atomic E-state index is -0.700. The number of carboxylic acids is 1. The van der Waals surface area contributed by atoms with E-state index in [4.69, 9.17) is 9.84 Å². The van der Waals surface area contributed by atoms with Crippen LogP contribution in [0.15, 0.2) is 0 Å². The molecule has 1 aliphatic rings. The lowest BCUT2D eigenvalue weighted by Crippen LogP contribution is -2.37. The van der Waals surface area contributed by atoms with Crippen LogP contribution in [0.25, 0.3) is 0 Å². The van der Waals surface area contributed by atoms with Gasteiger partial charge in [-0.15, -0.1) is 0 Å². The van der Waals surface area contributed by atoms with Crippen molar-refractivity contribution in [1.29, 1.82) is 0 Å². The Hall–Kier alpha value is -0.570. The second-order valence-corrected chi connectivity index (χ2v) is 3.69. The van der Waals surface area contributed by atoms with E-state index >= 15 is 0 Å². The summed E-state index contributed by atoms with van der Waals surface area (Å²) in [6.45, 7) is 2.35. The molecule has 0 amide bonds. The van der Waals surface area contributed by atoms with Crippen LogP contribution in [-0.2, 0) is 9.53 Å². The fourth-order valence-electron chi connectivity index (χ4n) is 2.10. The summed E-state index contributed by atoms with van der Waals surface area (Å²) >= 11 is 0. The zero-order chi connectivity index (χ0) is 9.19. The fraction of sp³-hybridized carbons (Fsp3) is 0.889. The Morgan fingerprint density at radius 1 is 1.75 bits per heavy atom. The van der Waals surface area contributed by atoms with Crippen molar-refractivity contribution in [1.82, 2.24) is 0 Å². The molecule has 0 bridgehead atoms. The molecule has 1 fully saturated rings. The van der Waals surface area contributed by atoms with Gasteiger partial charge in [-0.1, -0.05) is 13.3 Å². The summed E-state index contributed by atoms with van der Waals surface area (Å²) in [5, 5.41) is 9.09. The van der Waals surface area contributed by atoms with Crippen molar-refractivity contribution in [3.8, 4) is 0 Å². The van der Waals surface area contributed by atoms with Crippen molar-refractivity contribution in [2.45, 2.75) is 26.2 Å². The van der Waals surface area contributed by atoms with Crippen LogP contribution in [-0.4, -0.2) is 24.8 Å². The Balaban J connectivity index is 2.77. The molecule has 0 aromatic carbocycles. The van der Waals surface area contributed by atoms with E-state index in [-0.39, 0.29) is 5.92 Å².